The molecule has 4 nitrogen and oxygen atoms in total. The summed E-state index contributed by atoms with van der Waals surface area (Å²) in [7, 11) is 3.71. The molecule has 2 unspecified atom stereocenters. The van der Waals surface area contributed by atoms with Crippen molar-refractivity contribution in [2.24, 2.45) is 0 Å². The second-order valence-electron chi connectivity index (χ2n) is 4.14. The fourth-order valence-electron chi connectivity index (χ4n) is 2.45. The van der Waals surface area contributed by atoms with E-state index >= 15 is 0 Å². The van der Waals surface area contributed by atoms with Gasteiger partial charge in [0.15, 0.2) is 0 Å². The first kappa shape index (κ1) is 10.5. The van der Waals surface area contributed by atoms with Gasteiger partial charge in [-0.15, -0.1) is 0 Å². The largest absolute Gasteiger partial charge is 0.379 e. The number of imidazole rings is 1. The summed E-state index contributed by atoms with van der Waals surface area (Å²) in [4.78, 5) is 4.44. The van der Waals surface area contributed by atoms with E-state index in [0.29, 0.717) is 12.1 Å². The second-order valence-corrected chi connectivity index (χ2v) is 4.14. The molecule has 15 heavy (non-hydrogen) atoms. The number of rotatable bonds is 3. The van der Waals surface area contributed by atoms with Crippen LogP contribution < -0.4 is 5.32 Å². The Morgan fingerprint density at radius 1 is 1.53 bits per heavy atom. The lowest BCUT2D eigenvalue weighted by Crippen LogP contribution is -2.21. The van der Waals surface area contributed by atoms with Crippen molar-refractivity contribution in [2.75, 3.05) is 19.5 Å². The Morgan fingerprint density at radius 3 is 3.00 bits per heavy atom. The average molecular weight is 209 g/mol. The van der Waals surface area contributed by atoms with E-state index in [1.807, 2.05) is 14.0 Å². The monoisotopic (exact) mass is 209 g/mol. The van der Waals surface area contributed by atoms with E-state index in [0.717, 1.165) is 18.1 Å². The molecule has 2 rings (SSSR count). The van der Waals surface area contributed by atoms with Gasteiger partial charge in [0.2, 0.25) is 5.95 Å². The predicted molar refractivity (Wildman–Crippen MR) is 60.2 cm³/mol. The van der Waals surface area contributed by atoms with Crippen LogP contribution >= 0.6 is 0 Å². The van der Waals surface area contributed by atoms with Crippen LogP contribution in [0.1, 0.15) is 31.0 Å². The number of nitrogens with one attached hydrogen (secondary N) is 1. The van der Waals surface area contributed by atoms with Crippen LogP contribution in [0.15, 0.2) is 6.20 Å². The molecule has 0 aromatic carbocycles. The SMILES string of the molecule is CNc1nc(C)cn1C1CCCC1OC. The molecule has 1 N–H and O–H groups in total. The molecule has 0 spiro atoms. The molecule has 0 amide bonds. The van der Waals surface area contributed by atoms with Crippen molar-refractivity contribution in [1.82, 2.24) is 9.55 Å². The average Bonchev–Trinajstić information content (AvgIpc) is 2.82. The molecule has 0 bridgehead atoms. The Hall–Kier alpha value is -1.03. The smallest absolute Gasteiger partial charge is 0.203 e. The van der Waals surface area contributed by atoms with Gasteiger partial charge in [-0.05, 0) is 26.2 Å². The highest BCUT2D eigenvalue weighted by molar-refractivity contribution is 5.29. The minimum atomic E-state index is 0.339. The fraction of sp³-hybridized carbons (Fsp3) is 0.727. The first-order valence-corrected chi connectivity index (χ1v) is 5.52. The number of aromatic nitrogens is 2. The number of anilines is 1. The molecule has 1 aromatic heterocycles. The number of hydrogen-bond donors (Lipinski definition) is 1. The number of ether oxygens (including phenoxy) is 1. The van der Waals surface area contributed by atoms with Gasteiger partial charge in [-0.3, -0.25) is 0 Å². The van der Waals surface area contributed by atoms with Crippen LogP contribution in [-0.2, 0) is 4.74 Å². The maximum atomic E-state index is 5.51. The van der Waals surface area contributed by atoms with E-state index in [4.69, 9.17) is 4.74 Å². The molecule has 84 valence electrons. The van der Waals surface area contributed by atoms with Crippen molar-refractivity contribution in [2.45, 2.75) is 38.3 Å². The molecular weight excluding hydrogens is 190 g/mol. The Kier molecular flexibility index (Phi) is 2.95. The van der Waals surface area contributed by atoms with E-state index in [1.54, 1.807) is 7.11 Å². The number of hydrogen-bond acceptors (Lipinski definition) is 3. The Bertz CT molecular complexity index is 335. The molecule has 0 radical (unpaired) electrons. The first-order valence-electron chi connectivity index (χ1n) is 5.52. The summed E-state index contributed by atoms with van der Waals surface area (Å²) >= 11 is 0. The van der Waals surface area contributed by atoms with Crippen molar-refractivity contribution in [1.29, 1.82) is 0 Å². The third kappa shape index (κ3) is 1.86. The molecule has 1 heterocycles. The summed E-state index contributed by atoms with van der Waals surface area (Å²) < 4.78 is 7.73. The highest BCUT2D eigenvalue weighted by Gasteiger charge is 2.29. The van der Waals surface area contributed by atoms with Crippen LogP contribution in [0, 0.1) is 6.92 Å². The molecule has 1 fully saturated rings. The minimum absolute atomic E-state index is 0.339. The fourth-order valence-corrected chi connectivity index (χ4v) is 2.45. The number of nitrogens with zero attached hydrogens (tertiary/aromatic N) is 2. The lowest BCUT2D eigenvalue weighted by Gasteiger charge is -2.21. The first-order chi connectivity index (χ1) is 7.26. The summed E-state index contributed by atoms with van der Waals surface area (Å²) in [6.07, 6.45) is 6.02. The molecular formula is C11H19N3O. The van der Waals surface area contributed by atoms with Gasteiger partial charge in [-0.25, -0.2) is 4.98 Å². The van der Waals surface area contributed by atoms with E-state index in [1.165, 1.54) is 12.8 Å². The van der Waals surface area contributed by atoms with E-state index in [-0.39, 0.29) is 0 Å². The number of methoxy groups -OCH3 is 1. The van der Waals surface area contributed by atoms with E-state index in [2.05, 4.69) is 21.1 Å². The van der Waals surface area contributed by atoms with Crippen molar-refractivity contribution >= 4 is 5.95 Å². The Labute approximate surface area is 90.6 Å². The van der Waals surface area contributed by atoms with Crippen LogP contribution in [-0.4, -0.2) is 29.8 Å². The van der Waals surface area contributed by atoms with Crippen LogP contribution in [0.3, 0.4) is 0 Å². The molecule has 1 saturated carbocycles. The normalized spacial score (nSPS) is 25.8. The molecule has 1 aliphatic rings. The molecule has 1 aliphatic carbocycles. The standard InChI is InChI=1S/C11H19N3O/c1-8-7-14(11(12-2)13-8)9-5-4-6-10(9)15-3/h7,9-10H,4-6H2,1-3H3,(H,12,13). The molecule has 4 heteroatoms. The van der Waals surface area contributed by atoms with Gasteiger partial charge in [0.1, 0.15) is 0 Å². The molecule has 2 atom stereocenters. The maximum absolute atomic E-state index is 5.51. The second kappa shape index (κ2) is 4.23. The van der Waals surface area contributed by atoms with Gasteiger partial charge in [0, 0.05) is 20.4 Å². The number of aryl methyl sites for hydroxylation is 1. The summed E-state index contributed by atoms with van der Waals surface area (Å²) in [6.45, 7) is 2.02. The minimum Gasteiger partial charge on any atom is -0.379 e. The third-order valence-electron chi connectivity index (χ3n) is 3.15. The highest BCUT2D eigenvalue weighted by atomic mass is 16.5. The zero-order valence-electron chi connectivity index (χ0n) is 9.66. The van der Waals surface area contributed by atoms with E-state index in [9.17, 15) is 0 Å². The van der Waals surface area contributed by atoms with E-state index < -0.39 is 0 Å². The summed E-state index contributed by atoms with van der Waals surface area (Å²) in [5, 5.41) is 3.13. The van der Waals surface area contributed by atoms with Crippen LogP contribution in [0.5, 0.6) is 0 Å². The zero-order valence-corrected chi connectivity index (χ0v) is 9.66. The highest BCUT2D eigenvalue weighted by Crippen LogP contribution is 2.34. The van der Waals surface area contributed by atoms with Crippen LogP contribution in [0.25, 0.3) is 0 Å². The van der Waals surface area contributed by atoms with Crippen LogP contribution in [0.4, 0.5) is 5.95 Å². The van der Waals surface area contributed by atoms with Gasteiger partial charge < -0.3 is 14.6 Å². The van der Waals surface area contributed by atoms with Crippen LogP contribution in [0.2, 0.25) is 0 Å². The zero-order chi connectivity index (χ0) is 10.8. The lowest BCUT2D eigenvalue weighted by atomic mass is 10.2. The van der Waals surface area contributed by atoms with Crippen molar-refractivity contribution in [3.63, 3.8) is 0 Å². The Balaban J connectivity index is 2.27. The summed E-state index contributed by atoms with van der Waals surface area (Å²) in [5.41, 5.74) is 1.06. The maximum Gasteiger partial charge on any atom is 0.203 e. The van der Waals surface area contributed by atoms with Gasteiger partial charge in [0.05, 0.1) is 17.8 Å². The molecule has 0 saturated heterocycles. The lowest BCUT2D eigenvalue weighted by molar-refractivity contribution is 0.0755. The molecule has 1 aromatic rings. The summed E-state index contributed by atoms with van der Waals surface area (Å²) in [6, 6.07) is 0.443. The van der Waals surface area contributed by atoms with Gasteiger partial charge >= 0.3 is 0 Å². The Morgan fingerprint density at radius 2 is 2.33 bits per heavy atom. The van der Waals surface area contributed by atoms with Crippen molar-refractivity contribution in [3.05, 3.63) is 11.9 Å². The topological polar surface area (TPSA) is 39.1 Å². The van der Waals surface area contributed by atoms with Gasteiger partial charge in [-0.2, -0.15) is 0 Å². The third-order valence-corrected chi connectivity index (χ3v) is 3.15. The quantitative estimate of drug-likeness (QED) is 0.827. The molecule has 0 aliphatic heterocycles. The van der Waals surface area contributed by atoms with Crippen molar-refractivity contribution in [3.8, 4) is 0 Å². The van der Waals surface area contributed by atoms with Gasteiger partial charge in [-0.1, -0.05) is 0 Å². The van der Waals surface area contributed by atoms with Crippen molar-refractivity contribution < 1.29 is 4.74 Å². The van der Waals surface area contributed by atoms with Gasteiger partial charge in [0.25, 0.3) is 0 Å². The summed E-state index contributed by atoms with van der Waals surface area (Å²) in [5.74, 6) is 0.946. The predicted octanol–water partition coefficient (Wildman–Crippen LogP) is 1.97.